The third-order valence-corrected chi connectivity index (χ3v) is 2.35. The molecule has 0 atom stereocenters. The van der Waals surface area contributed by atoms with Crippen molar-refractivity contribution < 1.29 is 19.0 Å². The summed E-state index contributed by atoms with van der Waals surface area (Å²) in [7, 11) is 3.09. The van der Waals surface area contributed by atoms with Gasteiger partial charge < -0.3 is 19.5 Å². The zero-order chi connectivity index (χ0) is 13.2. The molecule has 0 saturated heterocycles. The normalized spacial score (nSPS) is 10.6. The number of hydrogen-bond acceptors (Lipinski definition) is 5. The standard InChI is InChI=1S/C13H19NO4/c1-16-13(17-2)9-14-8-12(15)18-10-11-6-4-3-5-7-11/h3-7,13-14H,8-10H2,1-2H3. The van der Waals surface area contributed by atoms with Crippen molar-refractivity contribution in [3.63, 3.8) is 0 Å². The van der Waals surface area contributed by atoms with E-state index < -0.39 is 0 Å². The van der Waals surface area contributed by atoms with Gasteiger partial charge in [0.1, 0.15) is 6.61 Å². The Kier molecular flexibility index (Phi) is 7.01. The van der Waals surface area contributed by atoms with Gasteiger partial charge in [0.15, 0.2) is 6.29 Å². The number of hydrogen-bond donors (Lipinski definition) is 1. The molecule has 1 rings (SSSR count). The van der Waals surface area contributed by atoms with E-state index in [1.165, 1.54) is 0 Å². The van der Waals surface area contributed by atoms with E-state index >= 15 is 0 Å². The average molecular weight is 253 g/mol. The van der Waals surface area contributed by atoms with Crippen molar-refractivity contribution in [1.82, 2.24) is 5.32 Å². The second kappa shape index (κ2) is 8.63. The highest BCUT2D eigenvalue weighted by atomic mass is 16.7. The zero-order valence-corrected chi connectivity index (χ0v) is 10.7. The van der Waals surface area contributed by atoms with Crippen molar-refractivity contribution >= 4 is 5.97 Å². The van der Waals surface area contributed by atoms with Crippen LogP contribution in [0.5, 0.6) is 0 Å². The fourth-order valence-corrected chi connectivity index (χ4v) is 1.34. The van der Waals surface area contributed by atoms with Crippen LogP contribution in [0, 0.1) is 0 Å². The molecule has 5 heteroatoms. The summed E-state index contributed by atoms with van der Waals surface area (Å²) in [6.07, 6.45) is -0.355. The van der Waals surface area contributed by atoms with Crippen molar-refractivity contribution in [3.05, 3.63) is 35.9 Å². The zero-order valence-electron chi connectivity index (χ0n) is 10.7. The number of ether oxygens (including phenoxy) is 3. The number of rotatable bonds is 8. The van der Waals surface area contributed by atoms with Crippen molar-refractivity contribution in [2.24, 2.45) is 0 Å². The smallest absolute Gasteiger partial charge is 0.320 e. The van der Waals surface area contributed by atoms with Gasteiger partial charge in [0, 0.05) is 20.8 Å². The minimum Gasteiger partial charge on any atom is -0.460 e. The second-order valence-electron chi connectivity index (χ2n) is 3.68. The van der Waals surface area contributed by atoms with Gasteiger partial charge in [-0.25, -0.2) is 0 Å². The molecule has 0 radical (unpaired) electrons. The van der Waals surface area contributed by atoms with E-state index in [4.69, 9.17) is 14.2 Å². The Morgan fingerprint density at radius 2 is 1.89 bits per heavy atom. The van der Waals surface area contributed by atoms with Crippen molar-refractivity contribution in [3.8, 4) is 0 Å². The minimum atomic E-state index is -0.355. The SMILES string of the molecule is COC(CNCC(=O)OCc1ccccc1)OC. The molecule has 1 aromatic rings. The lowest BCUT2D eigenvalue weighted by Crippen LogP contribution is -2.33. The number of carbonyl (C=O) groups excluding carboxylic acids is 1. The van der Waals surface area contributed by atoms with Crippen LogP contribution in [0.1, 0.15) is 5.56 Å². The topological polar surface area (TPSA) is 56.8 Å². The van der Waals surface area contributed by atoms with Crippen molar-refractivity contribution in [2.45, 2.75) is 12.9 Å². The molecule has 18 heavy (non-hydrogen) atoms. The Balaban J connectivity index is 2.14. The summed E-state index contributed by atoms with van der Waals surface area (Å²) in [6, 6.07) is 9.55. The molecule has 0 aliphatic heterocycles. The maximum atomic E-state index is 11.4. The third-order valence-electron chi connectivity index (χ3n) is 2.35. The fourth-order valence-electron chi connectivity index (χ4n) is 1.34. The Labute approximate surface area is 107 Å². The van der Waals surface area contributed by atoms with E-state index in [2.05, 4.69) is 5.32 Å². The van der Waals surface area contributed by atoms with Gasteiger partial charge in [0.05, 0.1) is 6.54 Å². The molecule has 0 saturated carbocycles. The monoisotopic (exact) mass is 253 g/mol. The minimum absolute atomic E-state index is 0.135. The third kappa shape index (κ3) is 5.77. The molecule has 0 unspecified atom stereocenters. The van der Waals surface area contributed by atoms with Gasteiger partial charge in [0.25, 0.3) is 0 Å². The summed E-state index contributed by atoms with van der Waals surface area (Å²) in [5, 5.41) is 2.90. The number of methoxy groups -OCH3 is 2. The second-order valence-corrected chi connectivity index (χ2v) is 3.68. The molecular weight excluding hydrogens is 234 g/mol. The number of carbonyl (C=O) groups is 1. The molecule has 0 heterocycles. The lowest BCUT2D eigenvalue weighted by molar-refractivity contribution is -0.144. The van der Waals surface area contributed by atoms with Gasteiger partial charge in [-0.1, -0.05) is 30.3 Å². The van der Waals surface area contributed by atoms with Crippen molar-refractivity contribution in [1.29, 1.82) is 0 Å². The van der Waals surface area contributed by atoms with E-state index in [1.54, 1.807) is 14.2 Å². The van der Waals surface area contributed by atoms with Gasteiger partial charge >= 0.3 is 5.97 Å². The van der Waals surface area contributed by atoms with E-state index in [1.807, 2.05) is 30.3 Å². The molecule has 5 nitrogen and oxygen atoms in total. The predicted octanol–water partition coefficient (Wildman–Crippen LogP) is 0.938. The number of nitrogens with one attached hydrogen (secondary N) is 1. The van der Waals surface area contributed by atoms with Crippen LogP contribution < -0.4 is 5.32 Å². The molecular formula is C13H19NO4. The summed E-state index contributed by atoms with van der Waals surface area (Å²) in [5.74, 6) is -0.301. The first-order chi connectivity index (χ1) is 8.76. The van der Waals surface area contributed by atoms with Gasteiger partial charge in [-0.15, -0.1) is 0 Å². The summed E-state index contributed by atoms with van der Waals surface area (Å²) >= 11 is 0. The molecule has 0 aromatic heterocycles. The van der Waals surface area contributed by atoms with E-state index in [0.717, 1.165) is 5.56 Å². The molecule has 0 aliphatic rings. The molecule has 0 fully saturated rings. The van der Waals surface area contributed by atoms with Crippen LogP contribution in [-0.4, -0.2) is 39.6 Å². The maximum absolute atomic E-state index is 11.4. The van der Waals surface area contributed by atoms with Crippen LogP contribution in [0.25, 0.3) is 0 Å². The van der Waals surface area contributed by atoms with Crippen LogP contribution in [0.4, 0.5) is 0 Å². The number of benzene rings is 1. The molecule has 1 aromatic carbocycles. The van der Waals surface area contributed by atoms with Gasteiger partial charge in [-0.3, -0.25) is 4.79 Å². The summed E-state index contributed by atoms with van der Waals surface area (Å²) in [6.45, 7) is 0.864. The molecule has 100 valence electrons. The first-order valence-corrected chi connectivity index (χ1v) is 5.72. The van der Waals surface area contributed by atoms with Gasteiger partial charge in [-0.05, 0) is 5.56 Å². The fraction of sp³-hybridized carbons (Fsp3) is 0.462. The molecule has 0 bridgehead atoms. The highest BCUT2D eigenvalue weighted by Crippen LogP contribution is 2.00. The number of esters is 1. The first kappa shape index (κ1) is 14.6. The maximum Gasteiger partial charge on any atom is 0.320 e. The van der Waals surface area contributed by atoms with Crippen LogP contribution in [0.3, 0.4) is 0 Å². The van der Waals surface area contributed by atoms with Crippen LogP contribution in [0.15, 0.2) is 30.3 Å². The van der Waals surface area contributed by atoms with Gasteiger partial charge in [0.2, 0.25) is 0 Å². The lowest BCUT2D eigenvalue weighted by atomic mass is 10.2. The quantitative estimate of drug-likeness (QED) is 0.552. The molecule has 1 N–H and O–H groups in total. The van der Waals surface area contributed by atoms with E-state index in [-0.39, 0.29) is 18.8 Å². The van der Waals surface area contributed by atoms with Crippen LogP contribution in [-0.2, 0) is 25.6 Å². The Bertz CT molecular complexity index is 338. The highest BCUT2D eigenvalue weighted by Gasteiger charge is 2.07. The summed E-state index contributed by atoms with van der Waals surface area (Å²) in [5.41, 5.74) is 0.970. The summed E-state index contributed by atoms with van der Waals surface area (Å²) in [4.78, 5) is 11.4. The largest absolute Gasteiger partial charge is 0.460 e. The molecule has 0 amide bonds. The molecule has 0 spiro atoms. The Hall–Kier alpha value is -1.43. The van der Waals surface area contributed by atoms with Crippen LogP contribution >= 0.6 is 0 Å². The Morgan fingerprint density at radius 1 is 1.22 bits per heavy atom. The summed E-state index contributed by atoms with van der Waals surface area (Å²) < 4.78 is 15.0. The average Bonchev–Trinajstić information content (AvgIpc) is 2.42. The van der Waals surface area contributed by atoms with E-state index in [0.29, 0.717) is 13.2 Å². The van der Waals surface area contributed by atoms with E-state index in [9.17, 15) is 4.79 Å². The van der Waals surface area contributed by atoms with Gasteiger partial charge in [-0.2, -0.15) is 0 Å². The predicted molar refractivity (Wildman–Crippen MR) is 66.9 cm³/mol. The first-order valence-electron chi connectivity index (χ1n) is 5.72. The Morgan fingerprint density at radius 3 is 2.50 bits per heavy atom. The highest BCUT2D eigenvalue weighted by molar-refractivity contribution is 5.71. The van der Waals surface area contributed by atoms with Crippen LogP contribution in [0.2, 0.25) is 0 Å². The lowest BCUT2D eigenvalue weighted by Gasteiger charge is -2.13. The van der Waals surface area contributed by atoms with Crippen molar-refractivity contribution in [2.75, 3.05) is 27.3 Å². The molecule has 0 aliphatic carbocycles.